The minimum absolute atomic E-state index is 0.0438. The summed E-state index contributed by atoms with van der Waals surface area (Å²) in [4.78, 5) is 25.3. The van der Waals surface area contributed by atoms with Crippen molar-refractivity contribution >= 4 is 23.8 Å². The lowest BCUT2D eigenvalue weighted by atomic mass is 10.2. The molecule has 0 bridgehead atoms. The van der Waals surface area contributed by atoms with Gasteiger partial charge >= 0.3 is 12.1 Å². The highest BCUT2D eigenvalue weighted by molar-refractivity contribution is 8.03. The lowest BCUT2D eigenvalue weighted by Gasteiger charge is -2.31. The fourth-order valence-electron chi connectivity index (χ4n) is 2.12. The molecule has 0 aliphatic carbocycles. The van der Waals surface area contributed by atoms with E-state index in [0.717, 1.165) is 18.7 Å². The summed E-state index contributed by atoms with van der Waals surface area (Å²) in [6, 6.07) is 1.94. The minimum atomic E-state index is -0.612. The summed E-state index contributed by atoms with van der Waals surface area (Å²) in [6.45, 7) is 7.31. The Labute approximate surface area is 147 Å². The number of alkyl carbamates (subject to hydrolysis) is 1. The monoisotopic (exact) mass is 355 g/mol. The zero-order chi connectivity index (χ0) is 18.2. The zero-order valence-corrected chi connectivity index (χ0v) is 15.5. The molecule has 134 valence electrons. The van der Waals surface area contributed by atoms with Crippen molar-refractivity contribution in [3.8, 4) is 6.07 Å². The van der Waals surface area contributed by atoms with Crippen LogP contribution in [-0.4, -0.2) is 55.1 Å². The Balaban J connectivity index is 2.56. The van der Waals surface area contributed by atoms with Crippen molar-refractivity contribution in [2.75, 3.05) is 32.5 Å². The van der Waals surface area contributed by atoms with Gasteiger partial charge in [0.25, 0.3) is 0 Å². The number of carbonyl (C=O) groups is 2. The highest BCUT2D eigenvalue weighted by Crippen LogP contribution is 2.30. The predicted octanol–water partition coefficient (Wildman–Crippen LogP) is 2.25. The average Bonchev–Trinajstić information content (AvgIpc) is 2.51. The second kappa shape index (κ2) is 9.42. The number of thioether (sulfide) groups is 1. The van der Waals surface area contributed by atoms with Crippen LogP contribution in [0.1, 0.15) is 33.6 Å². The van der Waals surface area contributed by atoms with Crippen molar-refractivity contribution in [2.45, 2.75) is 39.2 Å². The number of rotatable bonds is 5. The van der Waals surface area contributed by atoms with E-state index >= 15 is 0 Å². The van der Waals surface area contributed by atoms with Gasteiger partial charge in [-0.3, -0.25) is 0 Å². The zero-order valence-electron chi connectivity index (χ0n) is 14.7. The summed E-state index contributed by atoms with van der Waals surface area (Å²) in [7, 11) is 1.27. The molecule has 1 saturated heterocycles. The van der Waals surface area contributed by atoms with E-state index in [-0.39, 0.29) is 5.57 Å². The number of methoxy groups -OCH3 is 1. The maximum atomic E-state index is 11.7. The maximum absolute atomic E-state index is 11.7. The molecule has 0 radical (unpaired) electrons. The molecule has 1 aliphatic rings. The third-order valence-corrected chi connectivity index (χ3v) is 4.32. The first kappa shape index (κ1) is 20.2. The molecule has 1 heterocycles. The molecule has 0 aromatic heterocycles. The van der Waals surface area contributed by atoms with Gasteiger partial charge in [-0.2, -0.15) is 5.26 Å². The number of hydrogen-bond acceptors (Lipinski definition) is 7. The molecule has 1 fully saturated rings. The molecule has 24 heavy (non-hydrogen) atoms. The van der Waals surface area contributed by atoms with Gasteiger partial charge in [0.2, 0.25) is 0 Å². The summed E-state index contributed by atoms with van der Waals surface area (Å²) in [5, 5.41) is 12.6. The lowest BCUT2D eigenvalue weighted by molar-refractivity contribution is -0.135. The molecule has 1 aliphatic heterocycles. The third kappa shape index (κ3) is 6.71. The van der Waals surface area contributed by atoms with Crippen LogP contribution < -0.4 is 5.32 Å². The number of hydrogen-bond donors (Lipinski definition) is 1. The van der Waals surface area contributed by atoms with Crippen LogP contribution in [0.15, 0.2) is 10.6 Å². The van der Waals surface area contributed by atoms with Crippen LogP contribution in [0.25, 0.3) is 0 Å². The average molecular weight is 355 g/mol. The van der Waals surface area contributed by atoms with E-state index in [4.69, 9.17) is 4.74 Å². The first-order chi connectivity index (χ1) is 11.3. The van der Waals surface area contributed by atoms with E-state index < -0.39 is 17.7 Å². The van der Waals surface area contributed by atoms with Gasteiger partial charge < -0.3 is 19.7 Å². The molecule has 0 atom stereocenters. The fraction of sp³-hybridized carbons (Fsp3) is 0.688. The Bertz CT molecular complexity index is 534. The van der Waals surface area contributed by atoms with Crippen LogP contribution in [0.5, 0.6) is 0 Å². The van der Waals surface area contributed by atoms with E-state index in [2.05, 4.69) is 10.1 Å². The van der Waals surface area contributed by atoms with Crippen LogP contribution in [0.2, 0.25) is 0 Å². The minimum Gasteiger partial charge on any atom is -0.465 e. The Hall–Kier alpha value is -1.88. The summed E-state index contributed by atoms with van der Waals surface area (Å²) in [5.41, 5.74) is -0.478. The Kier molecular flexibility index (Phi) is 7.92. The van der Waals surface area contributed by atoms with Gasteiger partial charge in [0, 0.05) is 25.4 Å². The maximum Gasteiger partial charge on any atom is 0.407 e. The first-order valence-corrected chi connectivity index (χ1v) is 8.84. The molecular formula is C16H25N3O4S. The van der Waals surface area contributed by atoms with E-state index in [0.29, 0.717) is 24.5 Å². The van der Waals surface area contributed by atoms with Gasteiger partial charge in [0.1, 0.15) is 11.7 Å². The van der Waals surface area contributed by atoms with Gasteiger partial charge in [-0.25, -0.2) is 9.59 Å². The van der Waals surface area contributed by atoms with Crippen LogP contribution >= 0.6 is 11.8 Å². The van der Waals surface area contributed by atoms with Crippen molar-refractivity contribution in [3.63, 3.8) is 0 Å². The van der Waals surface area contributed by atoms with Gasteiger partial charge in [-0.15, -0.1) is 11.8 Å². The van der Waals surface area contributed by atoms with E-state index in [9.17, 15) is 14.9 Å². The van der Waals surface area contributed by atoms with Crippen LogP contribution in [0, 0.1) is 11.3 Å². The summed E-state index contributed by atoms with van der Waals surface area (Å²) in [6.07, 6.45) is 1.22. The molecule has 0 unspecified atom stereocenters. The number of amides is 1. The van der Waals surface area contributed by atoms with Crippen molar-refractivity contribution in [1.82, 2.24) is 10.2 Å². The second-order valence-electron chi connectivity index (χ2n) is 6.25. The van der Waals surface area contributed by atoms with Gasteiger partial charge in [0.15, 0.2) is 5.57 Å². The summed E-state index contributed by atoms with van der Waals surface area (Å²) in [5.74, 6) is 0.253. The number of esters is 1. The smallest absolute Gasteiger partial charge is 0.407 e. The first-order valence-electron chi connectivity index (χ1n) is 7.85. The van der Waals surface area contributed by atoms with E-state index in [1.807, 2.05) is 31.7 Å². The number of nitrogens with zero attached hydrogens (tertiary/aromatic N) is 2. The highest BCUT2D eigenvalue weighted by Gasteiger charge is 2.24. The molecule has 0 saturated carbocycles. The highest BCUT2D eigenvalue weighted by atomic mass is 32.2. The van der Waals surface area contributed by atoms with Gasteiger partial charge in [0.05, 0.1) is 12.1 Å². The largest absolute Gasteiger partial charge is 0.465 e. The number of nitrogens with one attached hydrogen (secondary N) is 1. The molecule has 8 heteroatoms. The molecule has 0 spiro atoms. The molecule has 1 N–H and O–H groups in total. The van der Waals surface area contributed by atoms with Crippen molar-refractivity contribution in [1.29, 1.82) is 5.26 Å². The lowest BCUT2D eigenvalue weighted by Crippen LogP contribution is -2.35. The predicted molar refractivity (Wildman–Crippen MR) is 92.2 cm³/mol. The molecule has 1 amide bonds. The third-order valence-electron chi connectivity index (χ3n) is 3.09. The molecular weight excluding hydrogens is 330 g/mol. The molecule has 0 aromatic carbocycles. The fourth-order valence-corrected chi connectivity index (χ4v) is 3.22. The van der Waals surface area contributed by atoms with E-state index in [1.165, 1.54) is 18.9 Å². The standard InChI is InChI=1S/C16H25N3O4S/c1-16(2,3)23-15(21)18-7-5-8-19-9-6-10-24-13(19)12(11-17)14(20)22-4/h5-10H2,1-4H3,(H,18,21)/b13-12-. The normalized spacial score (nSPS) is 16.9. The van der Waals surface area contributed by atoms with Gasteiger partial charge in [-0.05, 0) is 33.6 Å². The molecule has 0 aromatic rings. The Morgan fingerprint density at radius 1 is 1.42 bits per heavy atom. The topological polar surface area (TPSA) is 91.7 Å². The van der Waals surface area contributed by atoms with Crippen molar-refractivity contribution in [3.05, 3.63) is 10.6 Å². The molecule has 7 nitrogen and oxygen atoms in total. The van der Waals surface area contributed by atoms with Crippen molar-refractivity contribution < 1.29 is 19.1 Å². The Morgan fingerprint density at radius 2 is 2.12 bits per heavy atom. The van der Waals surface area contributed by atoms with Crippen molar-refractivity contribution in [2.24, 2.45) is 0 Å². The molecule has 1 rings (SSSR count). The summed E-state index contributed by atoms with van der Waals surface area (Å²) < 4.78 is 9.85. The van der Waals surface area contributed by atoms with E-state index in [1.54, 1.807) is 0 Å². The Morgan fingerprint density at radius 3 is 2.71 bits per heavy atom. The van der Waals surface area contributed by atoms with Crippen LogP contribution in [-0.2, 0) is 14.3 Å². The SMILES string of the molecule is COC(=O)/C(C#N)=C1\SCCCN1CCCNC(=O)OC(C)(C)C. The second-order valence-corrected chi connectivity index (χ2v) is 7.34. The summed E-state index contributed by atoms with van der Waals surface area (Å²) >= 11 is 1.49. The number of carbonyl (C=O) groups excluding carboxylic acids is 2. The number of ether oxygens (including phenoxy) is 2. The van der Waals surface area contributed by atoms with Crippen LogP contribution in [0.3, 0.4) is 0 Å². The van der Waals surface area contributed by atoms with Crippen LogP contribution in [0.4, 0.5) is 4.79 Å². The number of nitriles is 1. The van der Waals surface area contributed by atoms with Gasteiger partial charge in [-0.1, -0.05) is 0 Å². The quantitative estimate of drug-likeness (QED) is 0.350.